The minimum Gasteiger partial charge on any atom is -0.326 e. The quantitative estimate of drug-likeness (QED) is 0.794. The van der Waals surface area contributed by atoms with E-state index in [1.54, 1.807) is 22.8 Å². The van der Waals surface area contributed by atoms with E-state index in [-0.39, 0.29) is 6.03 Å². The topological polar surface area (TPSA) is 76.2 Å². The second-order valence-electron chi connectivity index (χ2n) is 3.45. The van der Waals surface area contributed by atoms with Crippen molar-refractivity contribution in [2.45, 2.75) is 20.4 Å². The molecule has 0 atom stereocenters. The zero-order valence-corrected chi connectivity index (χ0v) is 10.0. The van der Waals surface area contributed by atoms with Gasteiger partial charge in [0.05, 0.1) is 6.20 Å². The summed E-state index contributed by atoms with van der Waals surface area (Å²) >= 11 is 0. The second-order valence-corrected chi connectivity index (χ2v) is 3.45. The number of anilines is 1. The Morgan fingerprint density at radius 3 is 2.69 bits per heavy atom. The molecule has 0 bridgehead atoms. The van der Waals surface area contributed by atoms with Crippen molar-refractivity contribution in [1.29, 1.82) is 0 Å². The molecule has 0 saturated heterocycles. The van der Waals surface area contributed by atoms with Crippen LogP contribution < -0.4 is 11.1 Å². The van der Waals surface area contributed by atoms with E-state index in [1.165, 1.54) is 0 Å². The van der Waals surface area contributed by atoms with Crippen LogP contribution in [-0.2, 0) is 13.6 Å². The van der Waals surface area contributed by atoms with Gasteiger partial charge in [-0.05, 0) is 13.8 Å². The number of hydrogen-bond acceptors (Lipinski definition) is 3. The van der Waals surface area contributed by atoms with Crippen molar-refractivity contribution in [1.82, 2.24) is 14.7 Å². The lowest BCUT2D eigenvalue weighted by atomic mass is 10.3. The number of nitrogens with one attached hydrogen (secondary N) is 1. The molecule has 6 nitrogen and oxygen atoms in total. The van der Waals surface area contributed by atoms with Gasteiger partial charge in [-0.2, -0.15) is 5.10 Å². The lowest BCUT2D eigenvalue weighted by Gasteiger charge is -2.19. The Bertz CT molecular complexity index is 356. The van der Waals surface area contributed by atoms with Crippen LogP contribution >= 0.6 is 0 Å². The van der Waals surface area contributed by atoms with Crippen LogP contribution in [0.4, 0.5) is 10.6 Å². The van der Waals surface area contributed by atoms with Crippen molar-refractivity contribution in [2.24, 2.45) is 12.8 Å². The van der Waals surface area contributed by atoms with E-state index in [9.17, 15) is 4.79 Å². The first-order valence-electron chi connectivity index (χ1n) is 5.40. The highest BCUT2D eigenvalue weighted by Gasteiger charge is 2.14. The van der Waals surface area contributed by atoms with E-state index in [0.29, 0.717) is 25.5 Å². The number of carbonyl (C=O) groups is 1. The van der Waals surface area contributed by atoms with Gasteiger partial charge >= 0.3 is 6.03 Å². The first-order valence-corrected chi connectivity index (χ1v) is 5.40. The summed E-state index contributed by atoms with van der Waals surface area (Å²) in [4.78, 5) is 13.5. The summed E-state index contributed by atoms with van der Waals surface area (Å²) in [5.41, 5.74) is 6.40. The molecule has 0 aliphatic rings. The van der Waals surface area contributed by atoms with Crippen molar-refractivity contribution in [2.75, 3.05) is 18.4 Å². The first-order chi connectivity index (χ1) is 7.63. The summed E-state index contributed by atoms with van der Waals surface area (Å²) in [6, 6.07) is -0.122. The number of hydrogen-bond donors (Lipinski definition) is 2. The van der Waals surface area contributed by atoms with E-state index in [1.807, 2.05) is 13.8 Å². The van der Waals surface area contributed by atoms with Crippen LogP contribution in [-0.4, -0.2) is 33.8 Å². The molecular formula is C10H19N5O. The highest BCUT2D eigenvalue weighted by Crippen LogP contribution is 2.13. The fourth-order valence-electron chi connectivity index (χ4n) is 1.48. The Balaban J connectivity index is 2.79. The van der Waals surface area contributed by atoms with Gasteiger partial charge in [0.15, 0.2) is 0 Å². The van der Waals surface area contributed by atoms with E-state index in [2.05, 4.69) is 10.4 Å². The monoisotopic (exact) mass is 225 g/mol. The smallest absolute Gasteiger partial charge is 0.322 e. The van der Waals surface area contributed by atoms with Crippen molar-refractivity contribution < 1.29 is 4.79 Å². The van der Waals surface area contributed by atoms with Crippen LogP contribution in [0.25, 0.3) is 0 Å². The number of urea groups is 1. The van der Waals surface area contributed by atoms with Crippen LogP contribution in [0.1, 0.15) is 19.4 Å². The van der Waals surface area contributed by atoms with Crippen LogP contribution in [0, 0.1) is 0 Å². The molecule has 1 aromatic heterocycles. The number of aromatic nitrogens is 2. The Kier molecular flexibility index (Phi) is 4.30. The Morgan fingerprint density at radius 2 is 2.19 bits per heavy atom. The average Bonchev–Trinajstić information content (AvgIpc) is 2.62. The molecule has 90 valence electrons. The Hall–Kier alpha value is -1.56. The molecule has 0 fully saturated rings. The van der Waals surface area contributed by atoms with Crippen molar-refractivity contribution in [3.63, 3.8) is 0 Å². The molecule has 1 aromatic rings. The molecule has 16 heavy (non-hydrogen) atoms. The summed E-state index contributed by atoms with van der Waals surface area (Å²) < 4.78 is 1.61. The molecule has 0 radical (unpaired) electrons. The van der Waals surface area contributed by atoms with Gasteiger partial charge < -0.3 is 10.6 Å². The fourth-order valence-corrected chi connectivity index (χ4v) is 1.48. The Morgan fingerprint density at radius 1 is 1.56 bits per heavy atom. The molecule has 6 heteroatoms. The fraction of sp³-hybridized carbons (Fsp3) is 0.600. The second kappa shape index (κ2) is 5.50. The zero-order chi connectivity index (χ0) is 12.1. The third-order valence-corrected chi connectivity index (χ3v) is 2.51. The lowest BCUT2D eigenvalue weighted by molar-refractivity contribution is 0.217. The SMILES string of the molecule is CCN(CC)C(=O)Nc1c(CN)cnn1C. The number of aryl methyl sites for hydroxylation is 1. The van der Waals surface area contributed by atoms with Gasteiger partial charge in [0.1, 0.15) is 5.82 Å². The maximum absolute atomic E-state index is 11.8. The standard InChI is InChI=1S/C10H19N5O/c1-4-15(5-2)10(16)13-9-8(6-11)7-12-14(9)3/h7H,4-6,11H2,1-3H3,(H,13,16). The van der Waals surface area contributed by atoms with Gasteiger partial charge in [-0.25, -0.2) is 4.79 Å². The maximum atomic E-state index is 11.8. The van der Waals surface area contributed by atoms with Gasteiger partial charge in [0.2, 0.25) is 0 Å². The zero-order valence-electron chi connectivity index (χ0n) is 10.0. The predicted molar refractivity (Wildman–Crippen MR) is 63.0 cm³/mol. The van der Waals surface area contributed by atoms with E-state index in [0.717, 1.165) is 5.56 Å². The van der Waals surface area contributed by atoms with E-state index < -0.39 is 0 Å². The normalized spacial score (nSPS) is 10.2. The number of nitrogens with zero attached hydrogens (tertiary/aromatic N) is 3. The van der Waals surface area contributed by atoms with Crippen molar-refractivity contribution >= 4 is 11.8 Å². The predicted octanol–water partition coefficient (Wildman–Crippen LogP) is 0.752. The van der Waals surface area contributed by atoms with Gasteiger partial charge in [0.25, 0.3) is 0 Å². The third kappa shape index (κ3) is 2.52. The van der Waals surface area contributed by atoms with Gasteiger partial charge in [-0.1, -0.05) is 0 Å². The summed E-state index contributed by atoms with van der Waals surface area (Å²) in [5, 5.41) is 6.87. The molecule has 0 aromatic carbocycles. The maximum Gasteiger partial charge on any atom is 0.322 e. The highest BCUT2D eigenvalue weighted by molar-refractivity contribution is 5.89. The highest BCUT2D eigenvalue weighted by atomic mass is 16.2. The van der Waals surface area contributed by atoms with E-state index >= 15 is 0 Å². The molecular weight excluding hydrogens is 206 g/mol. The summed E-state index contributed by atoms with van der Waals surface area (Å²) in [6.07, 6.45) is 1.66. The molecule has 1 rings (SSSR count). The number of carbonyl (C=O) groups excluding carboxylic acids is 1. The molecule has 3 N–H and O–H groups in total. The summed E-state index contributed by atoms with van der Waals surface area (Å²) in [7, 11) is 1.77. The number of rotatable bonds is 4. The summed E-state index contributed by atoms with van der Waals surface area (Å²) in [5.74, 6) is 0.666. The van der Waals surface area contributed by atoms with Crippen LogP contribution in [0.3, 0.4) is 0 Å². The molecule has 2 amide bonds. The minimum atomic E-state index is -0.122. The lowest BCUT2D eigenvalue weighted by Crippen LogP contribution is -2.35. The molecule has 0 aliphatic carbocycles. The molecule has 0 saturated carbocycles. The largest absolute Gasteiger partial charge is 0.326 e. The van der Waals surface area contributed by atoms with Crippen molar-refractivity contribution in [3.8, 4) is 0 Å². The van der Waals surface area contributed by atoms with Gasteiger partial charge in [0, 0.05) is 32.2 Å². The molecule has 0 aliphatic heterocycles. The third-order valence-electron chi connectivity index (χ3n) is 2.51. The minimum absolute atomic E-state index is 0.122. The first kappa shape index (κ1) is 12.5. The van der Waals surface area contributed by atoms with Crippen LogP contribution in [0.2, 0.25) is 0 Å². The number of nitrogens with two attached hydrogens (primary N) is 1. The molecule has 1 heterocycles. The van der Waals surface area contributed by atoms with E-state index in [4.69, 9.17) is 5.73 Å². The number of amides is 2. The molecule has 0 spiro atoms. The average molecular weight is 225 g/mol. The molecule has 0 unspecified atom stereocenters. The van der Waals surface area contributed by atoms with Gasteiger partial charge in [-0.15, -0.1) is 0 Å². The summed E-state index contributed by atoms with van der Waals surface area (Å²) in [6.45, 7) is 5.60. The van der Waals surface area contributed by atoms with Gasteiger partial charge in [-0.3, -0.25) is 10.00 Å². The van der Waals surface area contributed by atoms with Crippen molar-refractivity contribution in [3.05, 3.63) is 11.8 Å². The van der Waals surface area contributed by atoms with Crippen LogP contribution in [0.5, 0.6) is 0 Å². The Labute approximate surface area is 95.4 Å². The van der Waals surface area contributed by atoms with Crippen LogP contribution in [0.15, 0.2) is 6.20 Å².